The van der Waals surface area contributed by atoms with Crippen LogP contribution >= 0.6 is 0 Å². The average molecular weight is 603 g/mol. The minimum absolute atomic E-state index is 0.0279. The molecular weight excluding hydrogens is 562 g/mol. The highest BCUT2D eigenvalue weighted by Gasteiger charge is 2.69. The van der Waals surface area contributed by atoms with Gasteiger partial charge in [-0.05, 0) is 38.0 Å². The third-order valence-electron chi connectivity index (χ3n) is 7.42. The van der Waals surface area contributed by atoms with Crippen LogP contribution in [0.4, 0.5) is 8.78 Å². The Morgan fingerprint density at radius 2 is 1.48 bits per heavy atom. The number of ether oxygens (including phenoxy) is 6. The van der Waals surface area contributed by atoms with Crippen molar-refractivity contribution in [2.24, 2.45) is 11.3 Å². The number of aliphatic hydroxyl groups is 1. The molecule has 4 fully saturated rings. The summed E-state index contributed by atoms with van der Waals surface area (Å²) < 4.78 is 92.8. The van der Waals surface area contributed by atoms with Crippen LogP contribution in [0.1, 0.15) is 51.9 Å². The van der Waals surface area contributed by atoms with Crippen molar-refractivity contribution in [1.82, 2.24) is 0 Å². The van der Waals surface area contributed by atoms with Gasteiger partial charge in [0.25, 0.3) is 10.1 Å². The Morgan fingerprint density at radius 1 is 0.875 bits per heavy atom. The largest absolute Gasteiger partial charge is 0.463 e. The molecule has 4 bridgehead atoms. The lowest BCUT2D eigenvalue weighted by Gasteiger charge is -2.64. The number of aliphatic hydroxyl groups excluding tert-OH is 1. The SMILES string of the molecule is CCCOCCOCCOC(=O)C12CC3CC(OCCOCCO)(CC(OC(=O)C(F)(F)CS(=O)(=O)O)(C3)C1)C2. The second kappa shape index (κ2) is 13.7. The average Bonchev–Trinajstić information content (AvgIpc) is 2.83. The summed E-state index contributed by atoms with van der Waals surface area (Å²) in [6.45, 7) is 3.60. The Kier molecular flexibility index (Phi) is 11.3. The predicted octanol–water partition coefficient (Wildman–Crippen LogP) is 1.53. The third kappa shape index (κ3) is 8.76. The Labute approximate surface area is 232 Å². The smallest absolute Gasteiger partial charge is 0.378 e. The molecular formula is C25H40F2O12S. The van der Waals surface area contributed by atoms with Crippen LogP contribution < -0.4 is 0 Å². The summed E-state index contributed by atoms with van der Waals surface area (Å²) in [7, 11) is -5.17. The van der Waals surface area contributed by atoms with Crippen LogP contribution in [0.5, 0.6) is 0 Å². The van der Waals surface area contributed by atoms with E-state index in [2.05, 4.69) is 0 Å². The number of hydrogen-bond acceptors (Lipinski definition) is 11. The van der Waals surface area contributed by atoms with E-state index in [4.69, 9.17) is 38.1 Å². The molecule has 4 rings (SSSR count). The predicted molar refractivity (Wildman–Crippen MR) is 133 cm³/mol. The second-order valence-electron chi connectivity index (χ2n) is 11.0. The van der Waals surface area contributed by atoms with Gasteiger partial charge in [-0.2, -0.15) is 17.2 Å². The maximum atomic E-state index is 14.4. The fourth-order valence-corrected chi connectivity index (χ4v) is 7.20. The van der Waals surface area contributed by atoms with Gasteiger partial charge in [0.1, 0.15) is 12.2 Å². The fourth-order valence-electron chi connectivity index (χ4n) is 6.62. The van der Waals surface area contributed by atoms with Crippen molar-refractivity contribution in [1.29, 1.82) is 0 Å². The van der Waals surface area contributed by atoms with Gasteiger partial charge in [0, 0.05) is 19.4 Å². The molecule has 4 saturated carbocycles. The molecule has 4 aliphatic rings. The van der Waals surface area contributed by atoms with Crippen LogP contribution in [-0.4, -0.2) is 112 Å². The van der Waals surface area contributed by atoms with E-state index in [9.17, 15) is 26.8 Å². The van der Waals surface area contributed by atoms with Gasteiger partial charge in [0.05, 0.1) is 57.3 Å². The van der Waals surface area contributed by atoms with Crippen LogP contribution in [-0.2, 0) is 48.1 Å². The number of hydrogen-bond donors (Lipinski definition) is 2. The highest BCUT2D eigenvalue weighted by atomic mass is 32.2. The van der Waals surface area contributed by atoms with Crippen LogP contribution in [0.3, 0.4) is 0 Å². The van der Waals surface area contributed by atoms with Crippen LogP contribution in [0.15, 0.2) is 0 Å². The zero-order chi connectivity index (χ0) is 29.5. The third-order valence-corrected chi connectivity index (χ3v) is 8.15. The Bertz CT molecular complexity index is 979. The monoisotopic (exact) mass is 602 g/mol. The molecule has 4 unspecified atom stereocenters. The molecule has 0 saturated heterocycles. The standard InChI is InChI=1S/C25H40F2O12S/c1-2-4-34-6-7-36-8-10-37-20(29)22-12-19-13-23(15-22,38-11-9-35-5-3-28)17-24(14-19,16-22)39-21(30)25(26,27)18-40(31,32)33/h19,28H,2-18H2,1H3,(H,31,32,33). The van der Waals surface area contributed by atoms with E-state index in [1.54, 1.807) is 0 Å². The molecule has 4 atom stereocenters. The maximum absolute atomic E-state index is 14.4. The number of alkyl halides is 2. The van der Waals surface area contributed by atoms with Gasteiger partial charge in [-0.25, -0.2) is 4.79 Å². The lowest BCUT2D eigenvalue weighted by atomic mass is 9.46. The normalized spacial score (nSPS) is 29.5. The molecule has 12 nitrogen and oxygen atoms in total. The summed E-state index contributed by atoms with van der Waals surface area (Å²) in [5, 5.41) is 8.90. The van der Waals surface area contributed by atoms with Crippen LogP contribution in [0, 0.1) is 11.3 Å². The Hall–Kier alpha value is -1.49. The van der Waals surface area contributed by atoms with Crippen molar-refractivity contribution in [3.8, 4) is 0 Å². The first-order chi connectivity index (χ1) is 18.8. The Morgan fingerprint density at radius 3 is 2.15 bits per heavy atom. The zero-order valence-electron chi connectivity index (χ0n) is 22.7. The molecule has 4 aliphatic carbocycles. The number of carbonyl (C=O) groups excluding carboxylic acids is 2. The molecule has 0 aliphatic heterocycles. The molecule has 40 heavy (non-hydrogen) atoms. The van der Waals surface area contributed by atoms with Gasteiger partial charge in [0.15, 0.2) is 5.75 Å². The number of rotatable bonds is 19. The first-order valence-electron chi connectivity index (χ1n) is 13.5. The number of halogens is 2. The van der Waals surface area contributed by atoms with E-state index < -0.39 is 50.3 Å². The molecule has 0 aromatic rings. The lowest BCUT2D eigenvalue weighted by Crippen LogP contribution is -2.67. The van der Waals surface area contributed by atoms with Crippen LogP contribution in [0.25, 0.3) is 0 Å². The van der Waals surface area contributed by atoms with E-state index in [1.165, 1.54) is 0 Å². The number of esters is 2. The first-order valence-corrected chi connectivity index (χ1v) is 15.1. The van der Waals surface area contributed by atoms with E-state index in [0.717, 1.165) is 6.42 Å². The summed E-state index contributed by atoms with van der Waals surface area (Å²) in [5.74, 6) is -9.47. The minimum Gasteiger partial charge on any atom is -0.463 e. The molecule has 0 aromatic heterocycles. The van der Waals surface area contributed by atoms with Crippen molar-refractivity contribution in [2.45, 2.75) is 69.0 Å². The molecule has 0 radical (unpaired) electrons. The van der Waals surface area contributed by atoms with Gasteiger partial charge >= 0.3 is 17.9 Å². The molecule has 2 N–H and O–H groups in total. The summed E-state index contributed by atoms with van der Waals surface area (Å²) in [4.78, 5) is 25.9. The van der Waals surface area contributed by atoms with Crippen molar-refractivity contribution in [2.75, 3.05) is 65.2 Å². The molecule has 15 heteroatoms. The van der Waals surface area contributed by atoms with Crippen molar-refractivity contribution >= 4 is 22.1 Å². The Balaban J connectivity index is 1.72. The van der Waals surface area contributed by atoms with E-state index in [0.29, 0.717) is 32.7 Å². The van der Waals surface area contributed by atoms with Crippen molar-refractivity contribution < 1.29 is 64.9 Å². The quantitative estimate of drug-likeness (QED) is 0.125. The summed E-state index contributed by atoms with van der Waals surface area (Å²) in [6, 6.07) is 0. The van der Waals surface area contributed by atoms with Gasteiger partial charge in [-0.15, -0.1) is 0 Å². The van der Waals surface area contributed by atoms with Gasteiger partial charge < -0.3 is 33.5 Å². The second-order valence-corrected chi connectivity index (χ2v) is 12.5. The molecule has 0 amide bonds. The maximum Gasteiger partial charge on any atom is 0.378 e. The molecule has 0 aromatic carbocycles. The zero-order valence-corrected chi connectivity index (χ0v) is 23.6. The molecule has 232 valence electrons. The van der Waals surface area contributed by atoms with E-state index in [-0.39, 0.29) is 71.2 Å². The summed E-state index contributed by atoms with van der Waals surface area (Å²) in [6.07, 6.45) is 2.15. The van der Waals surface area contributed by atoms with Crippen molar-refractivity contribution in [3.05, 3.63) is 0 Å². The molecule has 0 heterocycles. The minimum atomic E-state index is -5.17. The first kappa shape index (κ1) is 33.0. The van der Waals surface area contributed by atoms with E-state index >= 15 is 0 Å². The van der Waals surface area contributed by atoms with Crippen LogP contribution in [0.2, 0.25) is 0 Å². The lowest BCUT2D eigenvalue weighted by molar-refractivity contribution is -0.266. The highest BCUT2D eigenvalue weighted by molar-refractivity contribution is 7.85. The summed E-state index contributed by atoms with van der Waals surface area (Å²) >= 11 is 0. The topological polar surface area (TPSA) is 164 Å². The van der Waals surface area contributed by atoms with Gasteiger partial charge in [0.2, 0.25) is 0 Å². The number of carbonyl (C=O) groups is 2. The van der Waals surface area contributed by atoms with Crippen molar-refractivity contribution in [3.63, 3.8) is 0 Å². The highest BCUT2D eigenvalue weighted by Crippen LogP contribution is 2.65. The van der Waals surface area contributed by atoms with Gasteiger partial charge in [-0.3, -0.25) is 9.35 Å². The van der Waals surface area contributed by atoms with Gasteiger partial charge in [-0.1, -0.05) is 6.92 Å². The fraction of sp³-hybridized carbons (Fsp3) is 0.920. The van der Waals surface area contributed by atoms with E-state index in [1.807, 2.05) is 6.92 Å². The summed E-state index contributed by atoms with van der Waals surface area (Å²) in [5.41, 5.74) is -3.68. The molecule has 0 spiro atoms.